The average molecular weight is 281 g/mol. The number of nitrogens with one attached hydrogen (secondary N) is 1. The van der Waals surface area contributed by atoms with Gasteiger partial charge in [-0.3, -0.25) is 9.78 Å². The van der Waals surface area contributed by atoms with E-state index in [-0.39, 0.29) is 6.61 Å². The summed E-state index contributed by atoms with van der Waals surface area (Å²) >= 11 is 0. The second-order valence-electron chi connectivity index (χ2n) is 3.18. The highest BCUT2D eigenvalue weighted by molar-refractivity contribution is 5.89. The molecule has 0 fully saturated rings. The van der Waals surface area contributed by atoms with E-state index in [1.54, 1.807) is 0 Å². The number of aromatic amines is 1. The minimum atomic E-state index is -4.99. The van der Waals surface area contributed by atoms with Gasteiger partial charge in [0.2, 0.25) is 5.88 Å². The number of pyridine rings is 1. The van der Waals surface area contributed by atoms with E-state index in [4.69, 9.17) is 0 Å². The van der Waals surface area contributed by atoms with Gasteiger partial charge in [0.05, 0.1) is 13.7 Å². The van der Waals surface area contributed by atoms with Crippen molar-refractivity contribution in [1.29, 1.82) is 0 Å². The Morgan fingerprint density at radius 2 is 2.05 bits per heavy atom. The summed E-state index contributed by atoms with van der Waals surface area (Å²) in [4.78, 5) is 24.8. The van der Waals surface area contributed by atoms with Crippen molar-refractivity contribution in [1.82, 2.24) is 4.98 Å². The molecule has 1 aromatic rings. The molecule has 9 heteroatoms. The molecule has 0 amide bonds. The summed E-state index contributed by atoms with van der Waals surface area (Å²) in [6.45, 7) is 1.46. The van der Waals surface area contributed by atoms with E-state index < -0.39 is 35.1 Å². The molecule has 1 heterocycles. The maximum absolute atomic E-state index is 12.2. The Kier molecular flexibility index (Phi) is 4.41. The highest BCUT2D eigenvalue weighted by Crippen LogP contribution is 2.29. The van der Waals surface area contributed by atoms with Crippen LogP contribution in [0.1, 0.15) is 17.3 Å². The molecule has 0 saturated heterocycles. The van der Waals surface area contributed by atoms with E-state index in [9.17, 15) is 22.8 Å². The third-order valence-corrected chi connectivity index (χ3v) is 1.90. The molecule has 106 valence electrons. The van der Waals surface area contributed by atoms with E-state index in [0.717, 1.165) is 7.11 Å². The van der Waals surface area contributed by atoms with Gasteiger partial charge in [0.25, 0.3) is 5.56 Å². The van der Waals surface area contributed by atoms with Crippen molar-refractivity contribution in [2.45, 2.75) is 13.3 Å². The summed E-state index contributed by atoms with van der Waals surface area (Å²) < 4.78 is 49.2. The fourth-order valence-corrected chi connectivity index (χ4v) is 1.21. The lowest BCUT2D eigenvalue weighted by atomic mass is 10.2. The number of methoxy groups -OCH3 is 1. The van der Waals surface area contributed by atoms with Crippen molar-refractivity contribution in [3.8, 4) is 11.6 Å². The third kappa shape index (κ3) is 3.90. The zero-order valence-corrected chi connectivity index (χ0v) is 9.96. The molecule has 0 aliphatic rings. The number of rotatable bonds is 4. The van der Waals surface area contributed by atoms with Gasteiger partial charge in [0.1, 0.15) is 5.56 Å². The lowest BCUT2D eigenvalue weighted by molar-refractivity contribution is -0.275. The summed E-state index contributed by atoms with van der Waals surface area (Å²) in [6.07, 6.45) is -4.99. The topological polar surface area (TPSA) is 77.6 Å². The Morgan fingerprint density at radius 1 is 1.42 bits per heavy atom. The molecule has 1 N–H and O–H groups in total. The van der Waals surface area contributed by atoms with Crippen LogP contribution in [0, 0.1) is 0 Å². The highest BCUT2D eigenvalue weighted by Gasteiger charge is 2.33. The quantitative estimate of drug-likeness (QED) is 0.845. The van der Waals surface area contributed by atoms with Gasteiger partial charge < -0.3 is 14.2 Å². The number of ether oxygens (including phenoxy) is 3. The van der Waals surface area contributed by atoms with Gasteiger partial charge in [-0.15, -0.1) is 13.2 Å². The van der Waals surface area contributed by atoms with Crippen LogP contribution < -0.4 is 15.0 Å². The first-order valence-electron chi connectivity index (χ1n) is 5.02. The van der Waals surface area contributed by atoms with E-state index >= 15 is 0 Å². The fourth-order valence-electron chi connectivity index (χ4n) is 1.21. The Labute approximate surface area is 105 Å². The van der Waals surface area contributed by atoms with Crippen LogP contribution in [0.15, 0.2) is 10.9 Å². The molecule has 0 radical (unpaired) electrons. The number of aromatic nitrogens is 1. The van der Waals surface area contributed by atoms with Gasteiger partial charge in [0.15, 0.2) is 5.75 Å². The van der Waals surface area contributed by atoms with Crippen LogP contribution in [0.25, 0.3) is 0 Å². The summed E-state index contributed by atoms with van der Waals surface area (Å²) in [5, 5.41) is 0. The molecule has 0 aliphatic heterocycles. The molecule has 0 spiro atoms. The van der Waals surface area contributed by atoms with Crippen molar-refractivity contribution < 1.29 is 32.2 Å². The SMILES string of the molecule is CCOC(=O)c1cc(OC(F)(F)F)c(OC)[nH]c1=O. The first-order valence-corrected chi connectivity index (χ1v) is 5.02. The van der Waals surface area contributed by atoms with Crippen LogP contribution in [0.5, 0.6) is 11.6 Å². The van der Waals surface area contributed by atoms with Crippen molar-refractivity contribution in [3.05, 3.63) is 22.0 Å². The van der Waals surface area contributed by atoms with Gasteiger partial charge in [0, 0.05) is 6.07 Å². The Bertz CT molecular complexity index is 523. The molecule has 0 atom stereocenters. The van der Waals surface area contributed by atoms with Crippen LogP contribution in [0.4, 0.5) is 13.2 Å². The van der Waals surface area contributed by atoms with Crippen molar-refractivity contribution in [2.75, 3.05) is 13.7 Å². The van der Waals surface area contributed by atoms with E-state index in [1.165, 1.54) is 6.92 Å². The van der Waals surface area contributed by atoms with E-state index in [1.807, 2.05) is 4.98 Å². The Morgan fingerprint density at radius 3 is 2.53 bits per heavy atom. The van der Waals surface area contributed by atoms with E-state index in [0.29, 0.717) is 6.07 Å². The van der Waals surface area contributed by atoms with Crippen LogP contribution >= 0.6 is 0 Å². The van der Waals surface area contributed by atoms with Gasteiger partial charge in [-0.1, -0.05) is 0 Å². The third-order valence-electron chi connectivity index (χ3n) is 1.90. The number of esters is 1. The molecule has 0 aromatic carbocycles. The predicted octanol–water partition coefficient (Wildman–Crippen LogP) is 1.46. The van der Waals surface area contributed by atoms with Crippen molar-refractivity contribution in [3.63, 3.8) is 0 Å². The molecule has 1 aromatic heterocycles. The van der Waals surface area contributed by atoms with Gasteiger partial charge >= 0.3 is 12.3 Å². The fraction of sp³-hybridized carbons (Fsp3) is 0.400. The maximum atomic E-state index is 12.2. The molecule has 0 unspecified atom stereocenters. The monoisotopic (exact) mass is 281 g/mol. The predicted molar refractivity (Wildman–Crippen MR) is 56.3 cm³/mol. The Balaban J connectivity index is 3.25. The normalized spacial score (nSPS) is 11.0. The molecule has 0 saturated carbocycles. The second-order valence-corrected chi connectivity index (χ2v) is 3.18. The Hall–Kier alpha value is -2.19. The number of carbonyl (C=O) groups excluding carboxylic acids is 1. The molecule has 0 bridgehead atoms. The number of alkyl halides is 3. The van der Waals surface area contributed by atoms with Gasteiger partial charge in [-0.05, 0) is 6.92 Å². The minimum absolute atomic E-state index is 0.0280. The summed E-state index contributed by atoms with van der Waals surface area (Å²) in [6, 6.07) is 0.614. The minimum Gasteiger partial charge on any atom is -0.480 e. The lowest BCUT2D eigenvalue weighted by Crippen LogP contribution is -2.23. The standard InChI is InChI=1S/C10H10F3NO5/c1-3-18-9(16)5-4-6(19-10(11,12)13)8(17-2)14-7(5)15/h4H,3H2,1-2H3,(H,14,15). The number of H-pyrrole nitrogens is 1. The molecule has 19 heavy (non-hydrogen) atoms. The molecular formula is C10H10F3NO5. The molecule has 6 nitrogen and oxygen atoms in total. The smallest absolute Gasteiger partial charge is 0.480 e. The van der Waals surface area contributed by atoms with Gasteiger partial charge in [-0.2, -0.15) is 0 Å². The number of halogens is 3. The summed E-state index contributed by atoms with van der Waals surface area (Å²) in [5.74, 6) is -2.44. The van der Waals surface area contributed by atoms with Crippen LogP contribution in [-0.4, -0.2) is 31.0 Å². The molecular weight excluding hydrogens is 271 g/mol. The number of carbonyl (C=O) groups is 1. The first kappa shape index (κ1) is 14.9. The van der Waals surface area contributed by atoms with Gasteiger partial charge in [-0.25, -0.2) is 4.79 Å². The largest absolute Gasteiger partial charge is 0.573 e. The van der Waals surface area contributed by atoms with Crippen LogP contribution in [0.2, 0.25) is 0 Å². The second kappa shape index (κ2) is 5.63. The molecule has 0 aliphatic carbocycles. The average Bonchev–Trinajstić information content (AvgIpc) is 2.29. The highest BCUT2D eigenvalue weighted by atomic mass is 19.4. The number of hydrogen-bond acceptors (Lipinski definition) is 5. The zero-order valence-electron chi connectivity index (χ0n) is 9.96. The van der Waals surface area contributed by atoms with Crippen molar-refractivity contribution in [2.24, 2.45) is 0 Å². The molecule has 1 rings (SSSR count). The lowest BCUT2D eigenvalue weighted by Gasteiger charge is -2.12. The van der Waals surface area contributed by atoms with Crippen LogP contribution in [0.3, 0.4) is 0 Å². The maximum Gasteiger partial charge on any atom is 0.573 e. The van der Waals surface area contributed by atoms with Crippen molar-refractivity contribution >= 4 is 5.97 Å². The van der Waals surface area contributed by atoms with Crippen LogP contribution in [-0.2, 0) is 4.74 Å². The zero-order chi connectivity index (χ0) is 14.6. The summed E-state index contributed by atoms with van der Waals surface area (Å²) in [5.41, 5.74) is -1.55. The first-order chi connectivity index (χ1) is 8.78. The summed E-state index contributed by atoms with van der Waals surface area (Å²) in [7, 11) is 1.04. The van der Waals surface area contributed by atoms with E-state index in [2.05, 4.69) is 14.2 Å². The number of hydrogen-bond donors (Lipinski definition) is 1.